The monoisotopic (exact) mass is 486 g/mol. The number of rotatable bonds is 11. The molecule has 0 unspecified atom stereocenters. The first-order valence-electron chi connectivity index (χ1n) is 6.51. The summed E-state index contributed by atoms with van der Waals surface area (Å²) in [5.41, 5.74) is 0. The summed E-state index contributed by atoms with van der Waals surface area (Å²) in [5, 5.41) is 0. The van der Waals surface area contributed by atoms with E-state index in [1.165, 1.54) is 0 Å². The Labute approximate surface area is 155 Å². The maximum absolute atomic E-state index is 13.0. The molecule has 0 amide bonds. The van der Waals surface area contributed by atoms with Gasteiger partial charge in [-0.2, -0.15) is 43.9 Å². The molecule has 17 heteroatoms. The van der Waals surface area contributed by atoms with Crippen molar-refractivity contribution in [1.82, 2.24) is 0 Å². The molecule has 0 saturated heterocycles. The summed E-state index contributed by atoms with van der Waals surface area (Å²) in [6.45, 7) is -3.99. The van der Waals surface area contributed by atoms with Gasteiger partial charge in [-0.3, -0.25) is 4.57 Å². The molecule has 4 nitrogen and oxygen atoms in total. The fraction of sp³-hybridized carbons (Fsp3) is 1.00. The van der Waals surface area contributed by atoms with Crippen LogP contribution in [0.15, 0.2) is 0 Å². The lowest BCUT2D eigenvalue weighted by Gasteiger charge is -2.25. The van der Waals surface area contributed by atoms with Gasteiger partial charge in [0, 0.05) is 5.92 Å². The second-order valence-corrected chi connectivity index (χ2v) is 9.33. The van der Waals surface area contributed by atoms with Crippen molar-refractivity contribution in [3.8, 4) is 0 Å². The Hall–Kier alpha value is -0.0100. The van der Waals surface area contributed by atoms with Crippen LogP contribution >= 0.6 is 28.6 Å². The zero-order valence-corrected chi connectivity index (χ0v) is 15.1. The van der Waals surface area contributed by atoms with Crippen molar-refractivity contribution in [3.05, 3.63) is 0 Å². The van der Waals surface area contributed by atoms with Gasteiger partial charge in [0.2, 0.25) is 0 Å². The van der Waals surface area contributed by atoms with Crippen LogP contribution in [0.3, 0.4) is 0 Å². The maximum Gasteiger partial charge on any atom is 0.397 e. The Morgan fingerprint density at radius 2 is 1.04 bits per heavy atom. The van der Waals surface area contributed by atoms with Crippen LogP contribution in [-0.2, 0) is 18.6 Å². The van der Waals surface area contributed by atoms with Crippen LogP contribution in [0.5, 0.6) is 0 Å². The third kappa shape index (κ3) is 16.6. The Bertz CT molecular complexity index is 475. The highest BCUT2D eigenvalue weighted by Gasteiger charge is 2.46. The number of ether oxygens (including phenoxy) is 2. The molecule has 0 radical (unpaired) electrons. The van der Waals surface area contributed by atoms with Crippen molar-refractivity contribution in [2.45, 2.75) is 37.4 Å². The molecule has 0 heterocycles. The minimum atomic E-state index is -5.34. The van der Waals surface area contributed by atoms with Crippen molar-refractivity contribution in [3.63, 3.8) is 0 Å². The van der Waals surface area contributed by atoms with E-state index >= 15 is 0 Å². The van der Waals surface area contributed by atoms with E-state index in [-0.39, 0.29) is 0 Å². The SMILES string of the molecule is O=P(Cl)(Cl)OCC(COC(F)(F)CC(F)(F)F)COC(F)(F)CC(F)(F)F. The third-order valence-electron chi connectivity index (χ3n) is 2.33. The van der Waals surface area contributed by atoms with Crippen LogP contribution < -0.4 is 0 Å². The number of halogens is 12. The summed E-state index contributed by atoms with van der Waals surface area (Å²) in [5.74, 6) is -1.81. The molecular formula is C10H11Cl2F10O4P. The molecular weight excluding hydrogens is 476 g/mol. The van der Waals surface area contributed by atoms with Crippen LogP contribution in [0.4, 0.5) is 43.9 Å². The van der Waals surface area contributed by atoms with Crippen molar-refractivity contribution in [1.29, 1.82) is 0 Å². The average molecular weight is 487 g/mol. The topological polar surface area (TPSA) is 44.8 Å². The second kappa shape index (κ2) is 9.66. The molecule has 0 aliphatic rings. The summed E-state index contributed by atoms with van der Waals surface area (Å²) in [6, 6.07) is 0. The largest absolute Gasteiger partial charge is 0.397 e. The van der Waals surface area contributed by atoms with Crippen LogP contribution in [-0.4, -0.2) is 44.4 Å². The van der Waals surface area contributed by atoms with E-state index in [0.717, 1.165) is 0 Å². The molecule has 0 aliphatic heterocycles. The molecule has 0 spiro atoms. The lowest BCUT2D eigenvalue weighted by atomic mass is 10.2. The minimum Gasteiger partial charge on any atom is -0.320 e. The standard InChI is InChI=1S/C10H11Cl2F10O4P/c11-27(12,23)26-3-6(1-24-9(19,20)4-7(13,14)15)2-25-10(21,22)5-8(16,17)18/h6H,1-5H2. The summed E-state index contributed by atoms with van der Waals surface area (Å²) in [4.78, 5) is 0. The quantitative estimate of drug-likeness (QED) is 0.253. The van der Waals surface area contributed by atoms with Crippen LogP contribution in [0.25, 0.3) is 0 Å². The Morgan fingerprint density at radius 1 is 0.704 bits per heavy atom. The van der Waals surface area contributed by atoms with Gasteiger partial charge in [-0.15, -0.1) is 0 Å². The number of hydrogen-bond donors (Lipinski definition) is 0. The number of hydrogen-bond acceptors (Lipinski definition) is 4. The summed E-state index contributed by atoms with van der Waals surface area (Å²) < 4.78 is 146. The molecule has 0 fully saturated rings. The predicted octanol–water partition coefficient (Wildman–Crippen LogP) is 6.33. The predicted molar refractivity (Wildman–Crippen MR) is 71.9 cm³/mol. The zero-order chi connectivity index (χ0) is 21.7. The zero-order valence-electron chi connectivity index (χ0n) is 12.7. The third-order valence-corrected chi connectivity index (χ3v) is 3.37. The van der Waals surface area contributed by atoms with Gasteiger partial charge in [0.05, 0.1) is 19.8 Å². The van der Waals surface area contributed by atoms with Crippen molar-refractivity contribution < 1.29 is 62.5 Å². The first kappa shape index (κ1) is 27.0. The highest BCUT2D eigenvalue weighted by Crippen LogP contribution is 2.57. The van der Waals surface area contributed by atoms with E-state index in [0.29, 0.717) is 0 Å². The highest BCUT2D eigenvalue weighted by atomic mass is 35.9. The van der Waals surface area contributed by atoms with Crippen molar-refractivity contribution in [2.24, 2.45) is 5.92 Å². The smallest absolute Gasteiger partial charge is 0.320 e. The Balaban J connectivity index is 4.90. The van der Waals surface area contributed by atoms with Gasteiger partial charge in [-0.25, -0.2) is 0 Å². The van der Waals surface area contributed by atoms with E-state index in [1.807, 2.05) is 0 Å². The summed E-state index contributed by atoms with van der Waals surface area (Å²) in [7, 11) is 0. The van der Waals surface area contributed by atoms with Gasteiger partial charge in [0.15, 0.2) is 0 Å². The molecule has 27 heavy (non-hydrogen) atoms. The Kier molecular flexibility index (Phi) is 9.66. The molecule has 0 rings (SSSR count). The lowest BCUT2D eigenvalue weighted by molar-refractivity contribution is -0.309. The molecule has 0 aromatic carbocycles. The molecule has 164 valence electrons. The van der Waals surface area contributed by atoms with Crippen LogP contribution in [0.2, 0.25) is 0 Å². The molecule has 0 N–H and O–H groups in total. The van der Waals surface area contributed by atoms with Gasteiger partial charge in [-0.1, -0.05) is 0 Å². The first-order valence-corrected chi connectivity index (χ1v) is 9.94. The minimum absolute atomic E-state index is 1.10. The maximum atomic E-state index is 13.0. The van der Waals surface area contributed by atoms with Crippen LogP contribution in [0.1, 0.15) is 12.8 Å². The molecule has 0 saturated carbocycles. The van der Waals surface area contributed by atoms with Gasteiger partial charge in [0.25, 0.3) is 0 Å². The molecule has 0 atom stereocenters. The number of alkyl halides is 10. The summed E-state index contributed by atoms with van der Waals surface area (Å²) >= 11 is 9.91. The van der Waals surface area contributed by atoms with Gasteiger partial charge >= 0.3 is 30.6 Å². The van der Waals surface area contributed by atoms with Gasteiger partial charge in [0.1, 0.15) is 12.8 Å². The fourth-order valence-corrected chi connectivity index (χ4v) is 2.11. The molecule has 0 aliphatic carbocycles. The molecule has 0 aromatic rings. The molecule has 0 bridgehead atoms. The lowest BCUT2D eigenvalue weighted by Crippen LogP contribution is -2.35. The highest BCUT2D eigenvalue weighted by molar-refractivity contribution is 8.05. The normalized spacial score (nSPS) is 14.9. The van der Waals surface area contributed by atoms with Crippen molar-refractivity contribution >= 4 is 28.6 Å². The van der Waals surface area contributed by atoms with E-state index in [9.17, 15) is 48.5 Å². The van der Waals surface area contributed by atoms with Gasteiger partial charge < -0.3 is 14.0 Å². The molecule has 0 aromatic heterocycles. The van der Waals surface area contributed by atoms with Crippen molar-refractivity contribution in [2.75, 3.05) is 19.8 Å². The average Bonchev–Trinajstić information content (AvgIpc) is 2.30. The first-order chi connectivity index (χ1) is 11.7. The summed E-state index contributed by atoms with van der Waals surface area (Å²) in [6.07, 6.45) is -30.0. The van der Waals surface area contributed by atoms with E-state index in [1.54, 1.807) is 0 Å². The fourth-order valence-electron chi connectivity index (χ4n) is 1.38. The second-order valence-electron chi connectivity index (χ2n) is 5.06. The van der Waals surface area contributed by atoms with Crippen LogP contribution in [0, 0.1) is 5.92 Å². The van der Waals surface area contributed by atoms with Gasteiger partial charge in [-0.05, 0) is 22.5 Å². The van der Waals surface area contributed by atoms with E-state index < -0.39 is 69.2 Å². The van der Waals surface area contributed by atoms with E-state index in [2.05, 4.69) is 14.0 Å². The Morgan fingerprint density at radius 3 is 1.30 bits per heavy atom. The van der Waals surface area contributed by atoms with E-state index in [4.69, 9.17) is 22.5 Å².